The molecule has 1 N–H and O–H groups in total. The quantitative estimate of drug-likeness (QED) is 0.601. The number of alkyl carbamates (subject to hydrolysis) is 1. The van der Waals surface area contributed by atoms with Gasteiger partial charge in [-0.3, -0.25) is 5.01 Å². The Labute approximate surface area is 99.5 Å². The highest BCUT2D eigenvalue weighted by Crippen LogP contribution is 2.00. The molecular weight excluding hydrogens is 222 g/mol. The third-order valence-electron chi connectivity index (χ3n) is 2.06. The minimum absolute atomic E-state index is 0.231. The monoisotopic (exact) mass is 237 g/mol. The van der Waals surface area contributed by atoms with Gasteiger partial charge in [0.2, 0.25) is 0 Å². The van der Waals surface area contributed by atoms with Gasteiger partial charge in [0.15, 0.2) is 0 Å². The van der Waals surface area contributed by atoms with Crippen LogP contribution in [0.4, 0.5) is 4.79 Å². The van der Waals surface area contributed by atoms with Gasteiger partial charge in [0.25, 0.3) is 0 Å². The number of nitroso groups, excluding NO2 is 1. The Hall–Kier alpha value is -2.11. The summed E-state index contributed by atoms with van der Waals surface area (Å²) >= 11 is 0. The first kappa shape index (κ1) is 13.0. The minimum atomic E-state index is -0.506. The number of amides is 1. The topological polar surface area (TPSA) is 71.0 Å². The van der Waals surface area contributed by atoms with E-state index in [2.05, 4.69) is 10.6 Å². The summed E-state index contributed by atoms with van der Waals surface area (Å²) in [5, 5.41) is 6.38. The number of likely N-dealkylation sites (N-methyl/N-ethyl adjacent to an activating group) is 1. The van der Waals surface area contributed by atoms with Crippen molar-refractivity contribution in [3.8, 4) is 0 Å². The summed E-state index contributed by atoms with van der Waals surface area (Å²) in [6, 6.07) is 9.39. The first-order chi connectivity index (χ1) is 8.22. The second kappa shape index (κ2) is 7.21. The SMILES string of the molecule is CN(CCNC(=O)OCc1ccccc1)N=O. The van der Waals surface area contributed by atoms with Gasteiger partial charge in [0, 0.05) is 13.6 Å². The highest BCUT2D eigenvalue weighted by Gasteiger charge is 2.02. The fourth-order valence-electron chi connectivity index (χ4n) is 1.13. The van der Waals surface area contributed by atoms with Crippen molar-refractivity contribution in [2.24, 2.45) is 5.29 Å². The van der Waals surface area contributed by atoms with Crippen LogP contribution in [0.3, 0.4) is 0 Å². The summed E-state index contributed by atoms with van der Waals surface area (Å²) in [6.07, 6.45) is -0.506. The smallest absolute Gasteiger partial charge is 0.407 e. The van der Waals surface area contributed by atoms with Crippen molar-refractivity contribution in [1.82, 2.24) is 10.3 Å². The maximum absolute atomic E-state index is 11.2. The van der Waals surface area contributed by atoms with Crippen molar-refractivity contribution in [3.63, 3.8) is 0 Å². The van der Waals surface area contributed by atoms with E-state index in [0.29, 0.717) is 13.1 Å². The van der Waals surface area contributed by atoms with E-state index < -0.39 is 6.09 Å². The number of nitrogens with one attached hydrogen (secondary N) is 1. The van der Waals surface area contributed by atoms with E-state index in [-0.39, 0.29) is 6.61 Å². The number of carbonyl (C=O) groups excluding carboxylic acids is 1. The molecule has 0 heterocycles. The molecule has 0 saturated carbocycles. The molecule has 0 aliphatic heterocycles. The zero-order valence-corrected chi connectivity index (χ0v) is 9.63. The van der Waals surface area contributed by atoms with E-state index in [1.54, 1.807) is 0 Å². The summed E-state index contributed by atoms with van der Waals surface area (Å²) in [7, 11) is 1.53. The van der Waals surface area contributed by atoms with Crippen LogP contribution < -0.4 is 5.32 Å². The summed E-state index contributed by atoms with van der Waals surface area (Å²) in [5.74, 6) is 0. The molecule has 0 bridgehead atoms. The molecule has 0 unspecified atom stereocenters. The summed E-state index contributed by atoms with van der Waals surface area (Å²) in [6.45, 7) is 0.897. The lowest BCUT2D eigenvalue weighted by Crippen LogP contribution is -2.31. The Morgan fingerprint density at radius 3 is 2.76 bits per heavy atom. The van der Waals surface area contributed by atoms with Crippen LogP contribution in [0.15, 0.2) is 35.6 Å². The van der Waals surface area contributed by atoms with Gasteiger partial charge in [-0.25, -0.2) is 4.79 Å². The van der Waals surface area contributed by atoms with Crippen molar-refractivity contribution in [1.29, 1.82) is 0 Å². The van der Waals surface area contributed by atoms with Crippen LogP contribution in [0, 0.1) is 4.91 Å². The number of benzene rings is 1. The van der Waals surface area contributed by atoms with Crippen molar-refractivity contribution < 1.29 is 9.53 Å². The molecule has 1 aromatic carbocycles. The molecule has 0 aromatic heterocycles. The molecule has 0 saturated heterocycles. The van der Waals surface area contributed by atoms with Gasteiger partial charge in [0.1, 0.15) is 6.61 Å². The fraction of sp³-hybridized carbons (Fsp3) is 0.364. The predicted octanol–water partition coefficient (Wildman–Crippen LogP) is 1.53. The average molecular weight is 237 g/mol. The Bertz CT molecular complexity index is 356. The zero-order chi connectivity index (χ0) is 12.5. The molecular formula is C11H15N3O3. The Morgan fingerprint density at radius 2 is 2.12 bits per heavy atom. The van der Waals surface area contributed by atoms with Crippen LogP contribution in [0.5, 0.6) is 0 Å². The Kier molecular flexibility index (Phi) is 5.50. The molecule has 0 aliphatic rings. The largest absolute Gasteiger partial charge is 0.445 e. The van der Waals surface area contributed by atoms with Gasteiger partial charge in [-0.05, 0) is 5.56 Å². The summed E-state index contributed by atoms with van der Waals surface area (Å²) in [4.78, 5) is 21.2. The van der Waals surface area contributed by atoms with Crippen LogP contribution in [0.2, 0.25) is 0 Å². The van der Waals surface area contributed by atoms with Gasteiger partial charge in [-0.15, -0.1) is 4.91 Å². The van der Waals surface area contributed by atoms with E-state index in [0.717, 1.165) is 5.56 Å². The fourth-order valence-corrected chi connectivity index (χ4v) is 1.13. The molecule has 0 atom stereocenters. The molecule has 17 heavy (non-hydrogen) atoms. The standard InChI is InChI=1S/C11H15N3O3/c1-14(13-16)8-7-12-11(15)17-9-10-5-3-2-4-6-10/h2-6H,7-9H2,1H3,(H,12,15). The van der Waals surface area contributed by atoms with Crippen LogP contribution >= 0.6 is 0 Å². The van der Waals surface area contributed by atoms with Crippen LogP contribution in [0.1, 0.15) is 5.56 Å². The lowest BCUT2D eigenvalue weighted by molar-refractivity contribution is 0.138. The third-order valence-corrected chi connectivity index (χ3v) is 2.06. The molecule has 0 fully saturated rings. The van der Waals surface area contributed by atoms with E-state index in [1.807, 2.05) is 30.3 Å². The molecule has 92 valence electrons. The highest BCUT2D eigenvalue weighted by atomic mass is 16.5. The molecule has 0 radical (unpaired) electrons. The number of nitrogens with zero attached hydrogens (tertiary/aromatic N) is 2. The van der Waals surface area contributed by atoms with Gasteiger partial charge in [-0.2, -0.15) is 0 Å². The maximum atomic E-state index is 11.2. The summed E-state index contributed by atoms with van der Waals surface area (Å²) < 4.78 is 4.97. The van der Waals surface area contributed by atoms with Crippen LogP contribution in [0.25, 0.3) is 0 Å². The highest BCUT2D eigenvalue weighted by molar-refractivity contribution is 5.67. The first-order valence-corrected chi connectivity index (χ1v) is 5.21. The molecule has 6 nitrogen and oxygen atoms in total. The second-order valence-corrected chi connectivity index (χ2v) is 3.45. The van der Waals surface area contributed by atoms with Crippen molar-refractivity contribution in [2.45, 2.75) is 6.61 Å². The van der Waals surface area contributed by atoms with Crippen molar-refractivity contribution in [2.75, 3.05) is 20.1 Å². The number of hydrogen-bond acceptors (Lipinski definition) is 4. The zero-order valence-electron chi connectivity index (χ0n) is 9.63. The van der Waals surface area contributed by atoms with E-state index >= 15 is 0 Å². The second-order valence-electron chi connectivity index (χ2n) is 3.45. The van der Waals surface area contributed by atoms with Gasteiger partial charge in [0.05, 0.1) is 11.8 Å². The van der Waals surface area contributed by atoms with E-state index in [1.165, 1.54) is 12.1 Å². The molecule has 1 aromatic rings. The first-order valence-electron chi connectivity index (χ1n) is 5.21. The Balaban J connectivity index is 2.15. The normalized spacial score (nSPS) is 9.47. The maximum Gasteiger partial charge on any atom is 0.407 e. The number of carbonyl (C=O) groups is 1. The molecule has 6 heteroatoms. The molecule has 0 aliphatic carbocycles. The van der Waals surface area contributed by atoms with Gasteiger partial charge < -0.3 is 10.1 Å². The van der Waals surface area contributed by atoms with Crippen molar-refractivity contribution >= 4 is 6.09 Å². The molecule has 1 amide bonds. The predicted molar refractivity (Wildman–Crippen MR) is 63.1 cm³/mol. The lowest BCUT2D eigenvalue weighted by Gasteiger charge is -2.09. The Morgan fingerprint density at radius 1 is 1.41 bits per heavy atom. The van der Waals surface area contributed by atoms with Crippen molar-refractivity contribution in [3.05, 3.63) is 40.8 Å². The average Bonchev–Trinajstić information content (AvgIpc) is 2.37. The van der Waals surface area contributed by atoms with Crippen LogP contribution in [-0.2, 0) is 11.3 Å². The van der Waals surface area contributed by atoms with Gasteiger partial charge in [-0.1, -0.05) is 30.3 Å². The lowest BCUT2D eigenvalue weighted by atomic mass is 10.2. The summed E-state index contributed by atoms with van der Waals surface area (Å²) in [5.41, 5.74) is 0.925. The number of rotatable bonds is 6. The van der Waals surface area contributed by atoms with E-state index in [9.17, 15) is 9.70 Å². The minimum Gasteiger partial charge on any atom is -0.445 e. The molecule has 1 rings (SSSR count). The van der Waals surface area contributed by atoms with Gasteiger partial charge >= 0.3 is 6.09 Å². The number of hydrogen-bond donors (Lipinski definition) is 1. The third kappa shape index (κ3) is 5.50. The number of ether oxygens (including phenoxy) is 1. The molecule has 0 spiro atoms. The van der Waals surface area contributed by atoms with E-state index in [4.69, 9.17) is 4.74 Å². The van der Waals surface area contributed by atoms with Crippen LogP contribution in [-0.4, -0.2) is 31.2 Å².